The predicted molar refractivity (Wildman–Crippen MR) is 75.9 cm³/mol. The first kappa shape index (κ1) is 11.7. The summed E-state index contributed by atoms with van der Waals surface area (Å²) in [6, 6.07) is 7.75. The molecule has 0 aliphatic heterocycles. The highest BCUT2D eigenvalue weighted by atomic mass is 79.9. The molecule has 18 heavy (non-hydrogen) atoms. The molecule has 0 atom stereocenters. The Hall–Kier alpha value is -1.39. The molecule has 0 aliphatic rings. The van der Waals surface area contributed by atoms with Gasteiger partial charge >= 0.3 is 0 Å². The highest BCUT2D eigenvalue weighted by molar-refractivity contribution is 9.10. The molecule has 0 N–H and O–H groups in total. The SMILES string of the molecule is Cc1cc2ncc(-c3cccc(Br)n3)n2cc1Cl. The van der Waals surface area contributed by atoms with E-state index in [-0.39, 0.29) is 0 Å². The van der Waals surface area contributed by atoms with Gasteiger partial charge in [0.2, 0.25) is 0 Å². The Bertz CT molecular complexity index is 736. The van der Waals surface area contributed by atoms with Crippen LogP contribution in [0.5, 0.6) is 0 Å². The normalized spacial score (nSPS) is 11.1. The van der Waals surface area contributed by atoms with Gasteiger partial charge in [-0.2, -0.15) is 0 Å². The summed E-state index contributed by atoms with van der Waals surface area (Å²) in [6.07, 6.45) is 3.68. The Kier molecular flexibility index (Phi) is 2.84. The number of aryl methyl sites for hydroxylation is 1. The summed E-state index contributed by atoms with van der Waals surface area (Å²) in [5, 5.41) is 0.719. The van der Waals surface area contributed by atoms with Crippen LogP contribution in [-0.2, 0) is 0 Å². The molecule has 0 fully saturated rings. The molecular formula is C13H9BrClN3. The third kappa shape index (κ3) is 1.91. The van der Waals surface area contributed by atoms with Gasteiger partial charge in [0.05, 0.1) is 22.6 Å². The van der Waals surface area contributed by atoms with Gasteiger partial charge in [-0.3, -0.25) is 4.40 Å². The maximum atomic E-state index is 6.16. The Balaban J connectivity index is 2.27. The second-order valence-electron chi connectivity index (χ2n) is 4.02. The molecule has 3 nitrogen and oxygen atoms in total. The number of fused-ring (bicyclic) bond motifs is 1. The monoisotopic (exact) mass is 321 g/mol. The lowest BCUT2D eigenvalue weighted by Crippen LogP contribution is -1.92. The van der Waals surface area contributed by atoms with E-state index in [9.17, 15) is 0 Å². The van der Waals surface area contributed by atoms with Crippen LogP contribution in [0.3, 0.4) is 0 Å². The summed E-state index contributed by atoms with van der Waals surface area (Å²) >= 11 is 9.53. The lowest BCUT2D eigenvalue weighted by molar-refractivity contribution is 1.15. The smallest absolute Gasteiger partial charge is 0.137 e. The molecule has 0 saturated carbocycles. The maximum Gasteiger partial charge on any atom is 0.137 e. The fraction of sp³-hybridized carbons (Fsp3) is 0.0769. The summed E-state index contributed by atoms with van der Waals surface area (Å²) in [5.74, 6) is 0. The van der Waals surface area contributed by atoms with E-state index < -0.39 is 0 Å². The third-order valence-corrected chi connectivity index (χ3v) is 3.61. The molecule has 0 saturated heterocycles. The molecular weight excluding hydrogens is 314 g/mol. The van der Waals surface area contributed by atoms with Crippen LogP contribution >= 0.6 is 27.5 Å². The van der Waals surface area contributed by atoms with E-state index in [2.05, 4.69) is 25.9 Å². The molecule has 0 unspecified atom stereocenters. The van der Waals surface area contributed by atoms with Crippen LogP contribution in [0.2, 0.25) is 5.02 Å². The van der Waals surface area contributed by atoms with Gasteiger partial charge in [-0.05, 0) is 46.6 Å². The van der Waals surface area contributed by atoms with E-state index in [0.717, 1.165) is 32.2 Å². The van der Waals surface area contributed by atoms with E-state index in [1.165, 1.54) is 0 Å². The average Bonchev–Trinajstić information content (AvgIpc) is 2.73. The molecule has 3 rings (SSSR count). The van der Waals surface area contributed by atoms with Crippen molar-refractivity contribution in [3.63, 3.8) is 0 Å². The zero-order chi connectivity index (χ0) is 12.7. The van der Waals surface area contributed by atoms with Crippen molar-refractivity contribution < 1.29 is 0 Å². The van der Waals surface area contributed by atoms with Gasteiger partial charge < -0.3 is 0 Å². The molecule has 5 heteroatoms. The van der Waals surface area contributed by atoms with E-state index in [4.69, 9.17) is 11.6 Å². The van der Waals surface area contributed by atoms with Crippen molar-refractivity contribution in [3.8, 4) is 11.4 Å². The van der Waals surface area contributed by atoms with Crippen LogP contribution in [0.25, 0.3) is 17.0 Å². The number of aromatic nitrogens is 3. The Morgan fingerprint density at radius 2 is 2.17 bits per heavy atom. The second kappa shape index (κ2) is 4.37. The third-order valence-electron chi connectivity index (χ3n) is 2.77. The maximum absolute atomic E-state index is 6.16. The van der Waals surface area contributed by atoms with E-state index >= 15 is 0 Å². The van der Waals surface area contributed by atoms with Crippen LogP contribution < -0.4 is 0 Å². The van der Waals surface area contributed by atoms with Gasteiger partial charge in [0.1, 0.15) is 10.3 Å². The molecule has 90 valence electrons. The summed E-state index contributed by atoms with van der Waals surface area (Å²) in [5.41, 5.74) is 3.67. The minimum absolute atomic E-state index is 0.719. The highest BCUT2D eigenvalue weighted by Gasteiger charge is 2.09. The first-order valence-electron chi connectivity index (χ1n) is 5.41. The van der Waals surface area contributed by atoms with Crippen molar-refractivity contribution in [2.75, 3.05) is 0 Å². The van der Waals surface area contributed by atoms with E-state index in [0.29, 0.717) is 0 Å². The molecule has 0 amide bonds. The van der Waals surface area contributed by atoms with Crippen molar-refractivity contribution in [2.45, 2.75) is 6.92 Å². The van der Waals surface area contributed by atoms with Crippen molar-refractivity contribution in [3.05, 3.63) is 51.8 Å². The van der Waals surface area contributed by atoms with Gasteiger partial charge in [-0.1, -0.05) is 17.7 Å². The fourth-order valence-corrected chi connectivity index (χ4v) is 2.33. The van der Waals surface area contributed by atoms with Crippen molar-refractivity contribution >= 4 is 33.2 Å². The molecule has 0 radical (unpaired) electrons. The summed E-state index contributed by atoms with van der Waals surface area (Å²) in [6.45, 7) is 1.97. The zero-order valence-electron chi connectivity index (χ0n) is 9.56. The van der Waals surface area contributed by atoms with Gasteiger partial charge in [0.25, 0.3) is 0 Å². The van der Waals surface area contributed by atoms with Crippen molar-refractivity contribution in [1.29, 1.82) is 0 Å². The topological polar surface area (TPSA) is 30.2 Å². The van der Waals surface area contributed by atoms with Crippen LogP contribution in [0.1, 0.15) is 5.56 Å². The Morgan fingerprint density at radius 1 is 1.33 bits per heavy atom. The van der Waals surface area contributed by atoms with Gasteiger partial charge in [0, 0.05) is 6.20 Å². The fourth-order valence-electron chi connectivity index (χ4n) is 1.84. The summed E-state index contributed by atoms with van der Waals surface area (Å²) in [4.78, 5) is 8.81. The number of hydrogen-bond donors (Lipinski definition) is 0. The first-order valence-corrected chi connectivity index (χ1v) is 6.58. The van der Waals surface area contributed by atoms with E-state index in [1.54, 1.807) is 6.20 Å². The summed E-state index contributed by atoms with van der Waals surface area (Å²) < 4.78 is 2.75. The van der Waals surface area contributed by atoms with Gasteiger partial charge in [0.15, 0.2) is 0 Å². The number of pyridine rings is 2. The Labute approximate surface area is 118 Å². The lowest BCUT2D eigenvalue weighted by atomic mass is 10.2. The number of nitrogens with zero attached hydrogens (tertiary/aromatic N) is 3. The summed E-state index contributed by atoms with van der Waals surface area (Å²) in [7, 11) is 0. The zero-order valence-corrected chi connectivity index (χ0v) is 11.9. The highest BCUT2D eigenvalue weighted by Crippen LogP contribution is 2.24. The van der Waals surface area contributed by atoms with Crippen LogP contribution in [0.4, 0.5) is 0 Å². The van der Waals surface area contributed by atoms with Crippen molar-refractivity contribution in [2.24, 2.45) is 0 Å². The lowest BCUT2D eigenvalue weighted by Gasteiger charge is -2.04. The largest absolute Gasteiger partial charge is 0.297 e. The van der Waals surface area contributed by atoms with E-state index in [1.807, 2.05) is 41.8 Å². The minimum atomic E-state index is 0.719. The quantitative estimate of drug-likeness (QED) is 0.631. The minimum Gasteiger partial charge on any atom is -0.297 e. The van der Waals surface area contributed by atoms with Crippen LogP contribution in [0, 0.1) is 6.92 Å². The number of imidazole rings is 1. The number of rotatable bonds is 1. The average molecular weight is 323 g/mol. The van der Waals surface area contributed by atoms with Gasteiger partial charge in [-0.25, -0.2) is 9.97 Å². The predicted octanol–water partition coefficient (Wildman–Crippen LogP) is 4.12. The molecule has 3 aromatic heterocycles. The van der Waals surface area contributed by atoms with Crippen LogP contribution in [-0.4, -0.2) is 14.4 Å². The number of hydrogen-bond acceptors (Lipinski definition) is 2. The van der Waals surface area contributed by atoms with Crippen LogP contribution in [0.15, 0.2) is 41.3 Å². The molecule has 3 heterocycles. The number of halogens is 2. The first-order chi connectivity index (χ1) is 8.65. The second-order valence-corrected chi connectivity index (χ2v) is 5.24. The van der Waals surface area contributed by atoms with Gasteiger partial charge in [-0.15, -0.1) is 0 Å². The molecule has 0 aromatic carbocycles. The van der Waals surface area contributed by atoms with Crippen molar-refractivity contribution in [1.82, 2.24) is 14.4 Å². The molecule has 0 bridgehead atoms. The molecule has 0 aliphatic carbocycles. The Morgan fingerprint density at radius 3 is 2.94 bits per heavy atom. The molecule has 0 spiro atoms. The molecule has 3 aromatic rings. The standard InChI is InChI=1S/C13H9BrClN3/c1-8-5-13-16-6-11(18(13)7-9(8)15)10-3-2-4-12(14)17-10/h2-7H,1H3.